The zero-order chi connectivity index (χ0) is 25.7. The molecule has 0 aliphatic rings. The summed E-state index contributed by atoms with van der Waals surface area (Å²) in [7, 11) is -4.57. The number of esters is 2. The summed E-state index contributed by atoms with van der Waals surface area (Å²) in [5, 5.41) is 18.0. The third-order valence-electron chi connectivity index (χ3n) is 5.01. The van der Waals surface area contributed by atoms with Gasteiger partial charge < -0.3 is 24.6 Å². The number of carbonyl (C=O) groups is 2. The molecule has 0 aromatic carbocycles. The first-order chi connectivity index (χ1) is 16.2. The lowest BCUT2D eigenvalue weighted by molar-refractivity contribution is -0.161. The topological polar surface area (TPSA) is 149 Å². The number of hydrogen-bond donors (Lipinski definition) is 3. The Balaban J connectivity index is 4.59. The van der Waals surface area contributed by atoms with Gasteiger partial charge in [-0.3, -0.25) is 18.6 Å². The lowest BCUT2D eigenvalue weighted by atomic mass is 10.1. The first-order valence-electron chi connectivity index (χ1n) is 12.5. The van der Waals surface area contributed by atoms with Crippen molar-refractivity contribution in [3.8, 4) is 0 Å². The van der Waals surface area contributed by atoms with E-state index in [4.69, 9.17) is 19.1 Å². The molecule has 3 atom stereocenters. The average Bonchev–Trinajstić information content (AvgIpc) is 2.81. The van der Waals surface area contributed by atoms with E-state index in [0.717, 1.165) is 57.8 Å². The molecule has 0 heterocycles. The van der Waals surface area contributed by atoms with Crippen molar-refractivity contribution in [2.75, 3.05) is 26.4 Å². The van der Waals surface area contributed by atoms with Crippen molar-refractivity contribution in [3.63, 3.8) is 0 Å². The zero-order valence-corrected chi connectivity index (χ0v) is 21.7. The van der Waals surface area contributed by atoms with Crippen LogP contribution < -0.4 is 0 Å². The minimum atomic E-state index is -4.57. The van der Waals surface area contributed by atoms with Crippen molar-refractivity contribution in [2.45, 2.75) is 110 Å². The van der Waals surface area contributed by atoms with Crippen molar-refractivity contribution in [1.29, 1.82) is 0 Å². The summed E-state index contributed by atoms with van der Waals surface area (Å²) in [4.78, 5) is 33.9. The van der Waals surface area contributed by atoms with E-state index in [0.29, 0.717) is 12.8 Å². The van der Waals surface area contributed by atoms with Crippen LogP contribution in [0.25, 0.3) is 0 Å². The van der Waals surface area contributed by atoms with Gasteiger partial charge in [-0.05, 0) is 12.8 Å². The molecule has 0 aromatic heterocycles. The second kappa shape index (κ2) is 21.3. The predicted molar refractivity (Wildman–Crippen MR) is 127 cm³/mol. The fourth-order valence-electron chi connectivity index (χ4n) is 2.99. The fraction of sp³-hybridized carbons (Fsp3) is 0.913. The molecule has 0 saturated heterocycles. The largest absolute Gasteiger partial charge is 0.472 e. The Morgan fingerprint density at radius 3 is 1.82 bits per heavy atom. The number of phosphoric ester groups is 1. The van der Waals surface area contributed by atoms with Crippen LogP contribution in [0.15, 0.2) is 0 Å². The van der Waals surface area contributed by atoms with E-state index < -0.39 is 51.8 Å². The minimum Gasteiger partial charge on any atom is -0.462 e. The second-order valence-electron chi connectivity index (χ2n) is 8.37. The Bertz CT molecular complexity index is 572. The number of aliphatic hydroxyl groups excluding tert-OH is 2. The normalized spacial score (nSPS) is 14.9. The maximum absolute atomic E-state index is 12.2. The molecular weight excluding hydrogens is 467 g/mol. The SMILES string of the molecule is CCCCCCCCC(=O)O[C@H](COC(=O)CCCCCCC)COP(=O)(O)OC[C@@H](O)CO. The van der Waals surface area contributed by atoms with Crippen molar-refractivity contribution in [1.82, 2.24) is 0 Å². The monoisotopic (exact) mass is 512 g/mol. The third-order valence-corrected chi connectivity index (χ3v) is 5.96. The molecule has 11 heteroatoms. The Hall–Kier alpha value is -1.03. The van der Waals surface area contributed by atoms with Crippen molar-refractivity contribution in [3.05, 3.63) is 0 Å². The van der Waals surface area contributed by atoms with E-state index in [1.165, 1.54) is 0 Å². The standard InChI is InChI=1S/C23H45O10P/c1-3-5-7-9-11-13-15-23(27)33-21(18-30-22(26)14-12-10-8-6-4-2)19-32-34(28,29)31-17-20(25)16-24/h20-21,24-25H,3-19H2,1-2H3,(H,28,29)/t20-,21+/m0/s1. The lowest BCUT2D eigenvalue weighted by Gasteiger charge is -2.20. The highest BCUT2D eigenvalue weighted by atomic mass is 31.2. The molecule has 0 spiro atoms. The van der Waals surface area contributed by atoms with Crippen molar-refractivity contribution < 1.29 is 47.8 Å². The molecule has 0 bridgehead atoms. The molecule has 202 valence electrons. The van der Waals surface area contributed by atoms with E-state index in [1.807, 2.05) is 0 Å². The van der Waals surface area contributed by atoms with Crippen LogP contribution in [0.4, 0.5) is 0 Å². The van der Waals surface area contributed by atoms with Gasteiger partial charge in [0, 0.05) is 12.8 Å². The van der Waals surface area contributed by atoms with Crippen LogP contribution in [0.5, 0.6) is 0 Å². The summed E-state index contributed by atoms with van der Waals surface area (Å²) in [6.45, 7) is 2.14. The summed E-state index contributed by atoms with van der Waals surface area (Å²) in [5.41, 5.74) is 0. The molecule has 0 aliphatic carbocycles. The summed E-state index contributed by atoms with van der Waals surface area (Å²) >= 11 is 0. The van der Waals surface area contributed by atoms with E-state index in [9.17, 15) is 24.2 Å². The molecule has 0 aliphatic heterocycles. The van der Waals surface area contributed by atoms with Gasteiger partial charge in [-0.15, -0.1) is 0 Å². The Labute approximate surface area is 203 Å². The first kappa shape index (κ1) is 33.0. The number of rotatable bonds is 23. The van der Waals surface area contributed by atoms with Crippen LogP contribution in [0.2, 0.25) is 0 Å². The Morgan fingerprint density at radius 1 is 0.765 bits per heavy atom. The van der Waals surface area contributed by atoms with Gasteiger partial charge in [-0.25, -0.2) is 4.57 Å². The number of carbonyl (C=O) groups excluding carboxylic acids is 2. The van der Waals surface area contributed by atoms with Crippen LogP contribution >= 0.6 is 7.82 Å². The number of hydrogen-bond acceptors (Lipinski definition) is 9. The fourth-order valence-corrected chi connectivity index (χ4v) is 3.78. The van der Waals surface area contributed by atoms with Crippen LogP contribution in [-0.4, -0.2) is 65.7 Å². The van der Waals surface area contributed by atoms with Crippen LogP contribution in [0, 0.1) is 0 Å². The number of phosphoric acid groups is 1. The quantitative estimate of drug-likeness (QED) is 0.104. The van der Waals surface area contributed by atoms with Gasteiger partial charge in [0.1, 0.15) is 12.7 Å². The molecular formula is C23H45O10P. The lowest BCUT2D eigenvalue weighted by Crippen LogP contribution is -2.29. The first-order valence-corrected chi connectivity index (χ1v) is 14.0. The Morgan fingerprint density at radius 2 is 1.26 bits per heavy atom. The van der Waals surface area contributed by atoms with Gasteiger partial charge in [0.15, 0.2) is 6.10 Å². The number of unbranched alkanes of at least 4 members (excludes halogenated alkanes) is 9. The molecule has 3 N–H and O–H groups in total. The molecule has 0 amide bonds. The summed E-state index contributed by atoms with van der Waals surface area (Å²) in [5.74, 6) is -0.952. The minimum absolute atomic E-state index is 0.185. The molecule has 0 rings (SSSR count). The van der Waals surface area contributed by atoms with Gasteiger partial charge in [-0.2, -0.15) is 0 Å². The van der Waals surface area contributed by atoms with Crippen LogP contribution in [0.3, 0.4) is 0 Å². The predicted octanol–water partition coefficient (Wildman–Crippen LogP) is 4.04. The van der Waals surface area contributed by atoms with E-state index in [-0.39, 0.29) is 19.4 Å². The molecule has 1 unspecified atom stereocenters. The van der Waals surface area contributed by atoms with E-state index in [2.05, 4.69) is 18.4 Å². The smallest absolute Gasteiger partial charge is 0.462 e. The number of aliphatic hydroxyl groups is 2. The summed E-state index contributed by atoms with van der Waals surface area (Å²) in [6, 6.07) is 0. The molecule has 10 nitrogen and oxygen atoms in total. The van der Waals surface area contributed by atoms with Gasteiger partial charge in [0.2, 0.25) is 0 Å². The second-order valence-corrected chi connectivity index (χ2v) is 9.83. The maximum atomic E-state index is 12.2. The zero-order valence-electron chi connectivity index (χ0n) is 20.8. The van der Waals surface area contributed by atoms with Gasteiger partial charge in [-0.1, -0.05) is 71.6 Å². The van der Waals surface area contributed by atoms with Crippen LogP contribution in [-0.2, 0) is 32.7 Å². The van der Waals surface area contributed by atoms with Crippen molar-refractivity contribution in [2.24, 2.45) is 0 Å². The Kier molecular flexibility index (Phi) is 20.6. The third kappa shape index (κ3) is 20.4. The van der Waals surface area contributed by atoms with Crippen LogP contribution in [0.1, 0.15) is 97.3 Å². The highest BCUT2D eigenvalue weighted by molar-refractivity contribution is 7.47. The summed E-state index contributed by atoms with van der Waals surface area (Å²) in [6.07, 6.45) is 8.90. The van der Waals surface area contributed by atoms with E-state index in [1.54, 1.807) is 0 Å². The number of ether oxygens (including phenoxy) is 2. The molecule has 34 heavy (non-hydrogen) atoms. The molecule has 0 fully saturated rings. The van der Waals surface area contributed by atoms with Gasteiger partial charge >= 0.3 is 19.8 Å². The van der Waals surface area contributed by atoms with Gasteiger partial charge in [0.05, 0.1) is 19.8 Å². The highest BCUT2D eigenvalue weighted by Crippen LogP contribution is 2.43. The van der Waals surface area contributed by atoms with Gasteiger partial charge in [0.25, 0.3) is 0 Å². The maximum Gasteiger partial charge on any atom is 0.472 e. The van der Waals surface area contributed by atoms with Crippen molar-refractivity contribution >= 4 is 19.8 Å². The molecule has 0 radical (unpaired) electrons. The molecule has 0 saturated carbocycles. The highest BCUT2D eigenvalue weighted by Gasteiger charge is 2.27. The van der Waals surface area contributed by atoms with E-state index >= 15 is 0 Å². The molecule has 0 aromatic rings. The summed E-state index contributed by atoms with van der Waals surface area (Å²) < 4.78 is 31.9. The average molecular weight is 513 g/mol.